The molecular formula is C15H17ClN2O2. The second-order valence-electron chi connectivity index (χ2n) is 4.36. The van der Waals surface area contributed by atoms with Gasteiger partial charge in [-0.1, -0.05) is 24.3 Å². The summed E-state index contributed by atoms with van der Waals surface area (Å²) in [5, 5.41) is 1.02. The molecule has 1 heterocycles. The summed E-state index contributed by atoms with van der Waals surface area (Å²) in [4.78, 5) is 18.5. The van der Waals surface area contributed by atoms with Gasteiger partial charge in [0.15, 0.2) is 0 Å². The molecule has 0 saturated carbocycles. The lowest BCUT2D eigenvalue weighted by molar-refractivity contribution is 0.0702. The van der Waals surface area contributed by atoms with Crippen molar-refractivity contribution in [3.05, 3.63) is 42.1 Å². The van der Waals surface area contributed by atoms with E-state index in [1.807, 2.05) is 30.3 Å². The Morgan fingerprint density at radius 3 is 2.80 bits per heavy atom. The van der Waals surface area contributed by atoms with Crippen LogP contribution in [0.5, 0.6) is 0 Å². The fourth-order valence-corrected chi connectivity index (χ4v) is 2.17. The van der Waals surface area contributed by atoms with E-state index < -0.39 is 0 Å². The Labute approximate surface area is 123 Å². The number of methoxy groups -OCH3 is 1. The van der Waals surface area contributed by atoms with Gasteiger partial charge in [0, 0.05) is 31.5 Å². The lowest BCUT2D eigenvalue weighted by Crippen LogP contribution is -2.36. The van der Waals surface area contributed by atoms with Gasteiger partial charge in [0.05, 0.1) is 12.1 Å². The van der Waals surface area contributed by atoms with Crippen LogP contribution in [0.25, 0.3) is 10.9 Å². The number of para-hydroxylation sites is 1. The summed E-state index contributed by atoms with van der Waals surface area (Å²) in [6.07, 6.45) is 0. The van der Waals surface area contributed by atoms with Crippen LogP contribution in [0, 0.1) is 0 Å². The van der Waals surface area contributed by atoms with Crippen molar-refractivity contribution in [2.75, 3.05) is 32.7 Å². The maximum Gasteiger partial charge on any atom is 0.272 e. The van der Waals surface area contributed by atoms with Gasteiger partial charge in [-0.3, -0.25) is 4.79 Å². The molecule has 0 aliphatic heterocycles. The van der Waals surface area contributed by atoms with E-state index in [0.29, 0.717) is 31.3 Å². The summed E-state index contributed by atoms with van der Waals surface area (Å²) in [6.45, 7) is 1.48. The topological polar surface area (TPSA) is 42.4 Å². The molecule has 2 aromatic rings. The van der Waals surface area contributed by atoms with Crippen LogP contribution in [0.1, 0.15) is 10.5 Å². The third kappa shape index (κ3) is 3.46. The van der Waals surface area contributed by atoms with Gasteiger partial charge in [0.25, 0.3) is 5.91 Å². The second kappa shape index (κ2) is 7.22. The molecule has 20 heavy (non-hydrogen) atoms. The number of hydrogen-bond donors (Lipinski definition) is 0. The van der Waals surface area contributed by atoms with Gasteiger partial charge in [-0.15, -0.1) is 11.6 Å². The van der Waals surface area contributed by atoms with E-state index in [2.05, 4.69) is 4.98 Å². The number of nitrogens with zero attached hydrogens (tertiary/aromatic N) is 2. The monoisotopic (exact) mass is 292 g/mol. The van der Waals surface area contributed by atoms with Crippen LogP contribution >= 0.6 is 11.6 Å². The fraction of sp³-hybridized carbons (Fsp3) is 0.333. The molecule has 0 aliphatic rings. The highest BCUT2D eigenvalue weighted by atomic mass is 35.5. The van der Waals surface area contributed by atoms with E-state index in [9.17, 15) is 4.79 Å². The SMILES string of the molecule is COCCN(CCCl)C(=O)c1ccc2ccccc2n1. The first-order valence-corrected chi connectivity index (χ1v) is 6.99. The molecule has 1 aromatic heterocycles. The molecule has 0 spiro atoms. The number of aromatic nitrogens is 1. The minimum Gasteiger partial charge on any atom is -0.383 e. The molecule has 0 fully saturated rings. The van der Waals surface area contributed by atoms with Crippen LogP contribution in [-0.4, -0.2) is 48.5 Å². The quantitative estimate of drug-likeness (QED) is 0.769. The number of carbonyl (C=O) groups is 1. The molecule has 0 unspecified atom stereocenters. The zero-order chi connectivity index (χ0) is 14.4. The van der Waals surface area contributed by atoms with Crippen molar-refractivity contribution in [1.29, 1.82) is 0 Å². The highest BCUT2D eigenvalue weighted by Crippen LogP contribution is 2.13. The van der Waals surface area contributed by atoms with Crippen molar-refractivity contribution in [1.82, 2.24) is 9.88 Å². The molecule has 0 saturated heterocycles. The maximum atomic E-state index is 12.4. The van der Waals surface area contributed by atoms with Gasteiger partial charge in [0.2, 0.25) is 0 Å². The standard InChI is InChI=1S/C15H17ClN2O2/c1-20-11-10-18(9-8-16)15(19)14-7-6-12-4-2-3-5-13(12)17-14/h2-7H,8-11H2,1H3. The Bertz CT molecular complexity index is 589. The summed E-state index contributed by atoms with van der Waals surface area (Å²) < 4.78 is 5.02. The lowest BCUT2D eigenvalue weighted by Gasteiger charge is -2.20. The third-order valence-corrected chi connectivity index (χ3v) is 3.19. The number of halogens is 1. The number of pyridine rings is 1. The largest absolute Gasteiger partial charge is 0.383 e. The smallest absolute Gasteiger partial charge is 0.272 e. The van der Waals surface area contributed by atoms with E-state index in [1.165, 1.54) is 0 Å². The highest BCUT2D eigenvalue weighted by molar-refractivity contribution is 6.18. The summed E-state index contributed by atoms with van der Waals surface area (Å²) in [6, 6.07) is 11.4. The summed E-state index contributed by atoms with van der Waals surface area (Å²) in [5.74, 6) is 0.275. The number of benzene rings is 1. The van der Waals surface area contributed by atoms with Gasteiger partial charge in [-0.05, 0) is 12.1 Å². The minimum absolute atomic E-state index is 0.117. The van der Waals surface area contributed by atoms with Gasteiger partial charge >= 0.3 is 0 Å². The molecule has 2 rings (SSSR count). The normalized spacial score (nSPS) is 10.7. The first-order chi connectivity index (χ1) is 9.76. The van der Waals surface area contributed by atoms with Crippen molar-refractivity contribution in [2.24, 2.45) is 0 Å². The summed E-state index contributed by atoms with van der Waals surface area (Å²) >= 11 is 5.75. The van der Waals surface area contributed by atoms with E-state index in [4.69, 9.17) is 16.3 Å². The Hall–Kier alpha value is -1.65. The molecule has 4 nitrogen and oxygen atoms in total. The molecule has 106 valence electrons. The molecule has 1 amide bonds. The third-order valence-electron chi connectivity index (χ3n) is 3.02. The van der Waals surface area contributed by atoms with Crippen molar-refractivity contribution >= 4 is 28.4 Å². The van der Waals surface area contributed by atoms with E-state index >= 15 is 0 Å². The van der Waals surface area contributed by atoms with Gasteiger partial charge in [-0.25, -0.2) is 4.98 Å². The average Bonchev–Trinajstić information content (AvgIpc) is 2.50. The molecule has 0 atom stereocenters. The minimum atomic E-state index is -0.117. The number of carbonyl (C=O) groups excluding carboxylic acids is 1. The van der Waals surface area contributed by atoms with E-state index in [1.54, 1.807) is 18.1 Å². The Morgan fingerprint density at radius 1 is 1.25 bits per heavy atom. The highest BCUT2D eigenvalue weighted by Gasteiger charge is 2.16. The molecule has 5 heteroatoms. The molecule has 0 radical (unpaired) electrons. The zero-order valence-corrected chi connectivity index (χ0v) is 12.1. The van der Waals surface area contributed by atoms with Crippen LogP contribution in [0.4, 0.5) is 0 Å². The van der Waals surface area contributed by atoms with Crippen molar-refractivity contribution in [2.45, 2.75) is 0 Å². The Kier molecular flexibility index (Phi) is 5.32. The first-order valence-electron chi connectivity index (χ1n) is 6.46. The number of amides is 1. The number of alkyl halides is 1. The maximum absolute atomic E-state index is 12.4. The Balaban J connectivity index is 2.23. The van der Waals surface area contributed by atoms with Crippen LogP contribution in [0.15, 0.2) is 36.4 Å². The molecule has 1 aromatic carbocycles. The number of hydrogen-bond acceptors (Lipinski definition) is 3. The van der Waals surface area contributed by atoms with Crippen molar-refractivity contribution in [3.8, 4) is 0 Å². The Morgan fingerprint density at radius 2 is 2.05 bits per heavy atom. The van der Waals surface area contributed by atoms with Gasteiger partial charge < -0.3 is 9.64 Å². The molecule has 0 aliphatic carbocycles. The summed E-state index contributed by atoms with van der Waals surface area (Å²) in [5.41, 5.74) is 1.25. The molecule has 0 N–H and O–H groups in total. The second-order valence-corrected chi connectivity index (χ2v) is 4.74. The molecule has 0 bridgehead atoms. The number of fused-ring (bicyclic) bond motifs is 1. The van der Waals surface area contributed by atoms with Crippen LogP contribution in [0.2, 0.25) is 0 Å². The zero-order valence-electron chi connectivity index (χ0n) is 11.4. The average molecular weight is 293 g/mol. The number of rotatable bonds is 6. The fourth-order valence-electron chi connectivity index (χ4n) is 1.97. The first kappa shape index (κ1) is 14.8. The predicted octanol–water partition coefficient (Wildman–Crippen LogP) is 2.56. The van der Waals surface area contributed by atoms with Crippen molar-refractivity contribution in [3.63, 3.8) is 0 Å². The van der Waals surface area contributed by atoms with Gasteiger partial charge in [0.1, 0.15) is 5.69 Å². The van der Waals surface area contributed by atoms with E-state index in [-0.39, 0.29) is 5.91 Å². The van der Waals surface area contributed by atoms with Gasteiger partial charge in [-0.2, -0.15) is 0 Å². The number of ether oxygens (including phenoxy) is 1. The summed E-state index contributed by atoms with van der Waals surface area (Å²) in [7, 11) is 1.61. The van der Waals surface area contributed by atoms with Crippen LogP contribution in [-0.2, 0) is 4.74 Å². The molecular weight excluding hydrogens is 276 g/mol. The predicted molar refractivity (Wildman–Crippen MR) is 80.2 cm³/mol. The van der Waals surface area contributed by atoms with Crippen LogP contribution < -0.4 is 0 Å². The van der Waals surface area contributed by atoms with Crippen LogP contribution in [0.3, 0.4) is 0 Å². The van der Waals surface area contributed by atoms with Crippen molar-refractivity contribution < 1.29 is 9.53 Å². The lowest BCUT2D eigenvalue weighted by atomic mass is 10.2. The van der Waals surface area contributed by atoms with E-state index in [0.717, 1.165) is 10.9 Å².